The summed E-state index contributed by atoms with van der Waals surface area (Å²) in [5, 5.41) is 10.4. The van der Waals surface area contributed by atoms with E-state index >= 15 is 0 Å². The van der Waals surface area contributed by atoms with Crippen molar-refractivity contribution in [2.75, 3.05) is 7.11 Å². The fraction of sp³-hybridized carbons (Fsp3) is 0.167. The summed E-state index contributed by atoms with van der Waals surface area (Å²) in [5.41, 5.74) is 2.86. The van der Waals surface area contributed by atoms with Gasteiger partial charge < -0.3 is 14.8 Å². The molecule has 4 nitrogen and oxygen atoms in total. The van der Waals surface area contributed by atoms with Crippen LogP contribution < -0.4 is 4.74 Å². The van der Waals surface area contributed by atoms with Gasteiger partial charge in [0.05, 0.1) is 13.5 Å². The molecule has 1 aromatic heterocycles. The third kappa shape index (κ3) is 2.55. The lowest BCUT2D eigenvalue weighted by molar-refractivity contribution is -0.137. The molecule has 0 saturated heterocycles. The first-order valence-electron chi connectivity index (χ1n) is 7.11. The third-order valence-corrected chi connectivity index (χ3v) is 3.89. The Hall–Kier alpha value is -2.75. The summed E-state index contributed by atoms with van der Waals surface area (Å²) < 4.78 is 5.41. The Labute approximate surface area is 128 Å². The number of H-pyrrole nitrogens is 1. The molecule has 1 heterocycles. The third-order valence-electron chi connectivity index (χ3n) is 3.89. The number of rotatable bonds is 5. The van der Waals surface area contributed by atoms with Gasteiger partial charge in [0.15, 0.2) is 0 Å². The molecule has 22 heavy (non-hydrogen) atoms. The molecular weight excluding hydrogens is 278 g/mol. The molecule has 0 bridgehead atoms. The highest BCUT2D eigenvalue weighted by Crippen LogP contribution is 2.37. The number of aromatic amines is 1. The molecule has 0 aliphatic carbocycles. The average molecular weight is 295 g/mol. The van der Waals surface area contributed by atoms with Gasteiger partial charge in [0, 0.05) is 28.6 Å². The van der Waals surface area contributed by atoms with Gasteiger partial charge in [-0.25, -0.2) is 0 Å². The summed E-state index contributed by atoms with van der Waals surface area (Å²) in [6, 6.07) is 15.5. The fourth-order valence-corrected chi connectivity index (χ4v) is 2.90. The Bertz CT molecular complexity index is 807. The number of carboxylic acids is 1. The summed E-state index contributed by atoms with van der Waals surface area (Å²) >= 11 is 0. The van der Waals surface area contributed by atoms with Crippen molar-refractivity contribution in [3.8, 4) is 5.75 Å². The van der Waals surface area contributed by atoms with E-state index in [1.54, 1.807) is 7.11 Å². The van der Waals surface area contributed by atoms with Crippen LogP contribution in [0.5, 0.6) is 5.75 Å². The average Bonchev–Trinajstić information content (AvgIpc) is 2.96. The predicted octanol–water partition coefficient (Wildman–Crippen LogP) is 3.78. The van der Waals surface area contributed by atoms with Crippen molar-refractivity contribution >= 4 is 16.9 Å². The Kier molecular flexibility index (Phi) is 3.83. The maximum absolute atomic E-state index is 11.4. The number of methoxy groups -OCH3 is 1. The molecule has 3 rings (SSSR count). The van der Waals surface area contributed by atoms with E-state index < -0.39 is 5.97 Å². The Morgan fingerprint density at radius 3 is 2.64 bits per heavy atom. The van der Waals surface area contributed by atoms with Crippen molar-refractivity contribution in [1.82, 2.24) is 4.98 Å². The maximum Gasteiger partial charge on any atom is 0.304 e. The van der Waals surface area contributed by atoms with E-state index in [0.29, 0.717) is 5.75 Å². The lowest BCUT2D eigenvalue weighted by Crippen LogP contribution is -2.09. The second kappa shape index (κ2) is 5.93. The van der Waals surface area contributed by atoms with E-state index in [2.05, 4.69) is 4.98 Å². The SMILES string of the molecule is COc1ccccc1[C@@H](CC(=O)O)c1c[nH]c2ccccc12. The van der Waals surface area contributed by atoms with Crippen LogP contribution >= 0.6 is 0 Å². The lowest BCUT2D eigenvalue weighted by atomic mass is 9.87. The molecule has 3 aromatic rings. The van der Waals surface area contributed by atoms with Crippen LogP contribution in [-0.2, 0) is 4.79 Å². The number of fused-ring (bicyclic) bond motifs is 1. The van der Waals surface area contributed by atoms with E-state index in [9.17, 15) is 9.90 Å². The molecule has 0 radical (unpaired) electrons. The zero-order valence-electron chi connectivity index (χ0n) is 12.2. The summed E-state index contributed by atoms with van der Waals surface area (Å²) in [6.45, 7) is 0. The number of nitrogens with one attached hydrogen (secondary N) is 1. The Morgan fingerprint density at radius 1 is 1.14 bits per heavy atom. The molecule has 2 aromatic carbocycles. The number of benzene rings is 2. The standard InChI is InChI=1S/C18H17NO3/c1-22-17-9-5-3-7-13(17)14(10-18(20)21)15-11-19-16-8-4-2-6-12(15)16/h2-9,11,14,19H,10H2,1H3,(H,20,21)/t14-/m1/s1. The van der Waals surface area contributed by atoms with E-state index in [4.69, 9.17) is 4.74 Å². The lowest BCUT2D eigenvalue weighted by Gasteiger charge is -2.18. The predicted molar refractivity (Wildman–Crippen MR) is 85.4 cm³/mol. The first-order chi connectivity index (χ1) is 10.7. The van der Waals surface area contributed by atoms with Crippen molar-refractivity contribution in [2.24, 2.45) is 0 Å². The van der Waals surface area contributed by atoms with Crippen LogP contribution in [0, 0.1) is 0 Å². The van der Waals surface area contributed by atoms with Crippen molar-refractivity contribution in [1.29, 1.82) is 0 Å². The zero-order chi connectivity index (χ0) is 15.5. The molecule has 0 spiro atoms. The van der Waals surface area contributed by atoms with Crippen molar-refractivity contribution in [3.05, 3.63) is 65.9 Å². The number of hydrogen-bond acceptors (Lipinski definition) is 2. The quantitative estimate of drug-likeness (QED) is 0.753. The summed E-state index contributed by atoms with van der Waals surface area (Å²) in [4.78, 5) is 14.6. The molecule has 112 valence electrons. The normalized spacial score (nSPS) is 12.2. The smallest absolute Gasteiger partial charge is 0.304 e. The second-order valence-corrected chi connectivity index (χ2v) is 5.18. The molecule has 2 N–H and O–H groups in total. The van der Waals surface area contributed by atoms with Gasteiger partial charge in [-0.05, 0) is 17.7 Å². The monoisotopic (exact) mass is 295 g/mol. The highest BCUT2D eigenvalue weighted by atomic mass is 16.5. The van der Waals surface area contributed by atoms with Crippen molar-refractivity contribution < 1.29 is 14.6 Å². The minimum Gasteiger partial charge on any atom is -0.496 e. The van der Waals surface area contributed by atoms with Gasteiger partial charge in [0.25, 0.3) is 0 Å². The number of ether oxygens (including phenoxy) is 1. The molecule has 4 heteroatoms. The number of aromatic nitrogens is 1. The highest BCUT2D eigenvalue weighted by molar-refractivity contribution is 5.85. The van der Waals surface area contributed by atoms with E-state index in [-0.39, 0.29) is 12.3 Å². The molecule has 0 aliphatic rings. The van der Waals surface area contributed by atoms with Crippen LogP contribution in [0.1, 0.15) is 23.5 Å². The Morgan fingerprint density at radius 2 is 1.86 bits per heavy atom. The minimum atomic E-state index is -0.832. The van der Waals surface area contributed by atoms with Gasteiger partial charge in [-0.3, -0.25) is 4.79 Å². The van der Waals surface area contributed by atoms with Crippen LogP contribution in [0.3, 0.4) is 0 Å². The molecule has 0 amide bonds. The van der Waals surface area contributed by atoms with E-state index in [0.717, 1.165) is 22.0 Å². The molecule has 1 atom stereocenters. The number of carbonyl (C=O) groups is 1. The molecular formula is C18H17NO3. The second-order valence-electron chi connectivity index (χ2n) is 5.18. The van der Waals surface area contributed by atoms with E-state index in [1.807, 2.05) is 54.7 Å². The summed E-state index contributed by atoms with van der Waals surface area (Å²) in [6.07, 6.45) is 1.91. The minimum absolute atomic E-state index is 0.0161. The van der Waals surface area contributed by atoms with Crippen molar-refractivity contribution in [3.63, 3.8) is 0 Å². The summed E-state index contributed by atoms with van der Waals surface area (Å²) in [7, 11) is 1.60. The molecule has 0 fully saturated rings. The van der Waals surface area contributed by atoms with Gasteiger partial charge in [-0.15, -0.1) is 0 Å². The number of carboxylic acid groups (broad SMARTS) is 1. The maximum atomic E-state index is 11.4. The first kappa shape index (κ1) is 14.2. The Balaban J connectivity index is 2.16. The topological polar surface area (TPSA) is 62.3 Å². The highest BCUT2D eigenvalue weighted by Gasteiger charge is 2.23. The van der Waals surface area contributed by atoms with E-state index in [1.165, 1.54) is 0 Å². The first-order valence-corrected chi connectivity index (χ1v) is 7.11. The van der Waals surface area contributed by atoms with Gasteiger partial charge in [-0.2, -0.15) is 0 Å². The number of aliphatic carboxylic acids is 1. The van der Waals surface area contributed by atoms with Crippen LogP contribution in [0.25, 0.3) is 10.9 Å². The molecule has 0 unspecified atom stereocenters. The largest absolute Gasteiger partial charge is 0.496 e. The van der Waals surface area contributed by atoms with Gasteiger partial charge in [0.2, 0.25) is 0 Å². The van der Waals surface area contributed by atoms with Crippen LogP contribution in [-0.4, -0.2) is 23.2 Å². The fourth-order valence-electron chi connectivity index (χ4n) is 2.90. The van der Waals surface area contributed by atoms with Crippen molar-refractivity contribution in [2.45, 2.75) is 12.3 Å². The van der Waals surface area contributed by atoms with Gasteiger partial charge in [0.1, 0.15) is 5.75 Å². The van der Waals surface area contributed by atoms with Crippen LogP contribution in [0.15, 0.2) is 54.7 Å². The zero-order valence-corrected chi connectivity index (χ0v) is 12.2. The summed E-state index contributed by atoms with van der Waals surface area (Å²) in [5.74, 6) is -0.384. The van der Waals surface area contributed by atoms with Crippen LogP contribution in [0.2, 0.25) is 0 Å². The number of para-hydroxylation sites is 2. The van der Waals surface area contributed by atoms with Gasteiger partial charge in [-0.1, -0.05) is 36.4 Å². The van der Waals surface area contributed by atoms with Gasteiger partial charge >= 0.3 is 5.97 Å². The molecule has 0 saturated carbocycles. The van der Waals surface area contributed by atoms with Crippen LogP contribution in [0.4, 0.5) is 0 Å². The molecule has 0 aliphatic heterocycles. The number of hydrogen-bond donors (Lipinski definition) is 2.